The quantitative estimate of drug-likeness (QED) is 0.121. The van der Waals surface area contributed by atoms with Crippen LogP contribution in [0.1, 0.15) is 58.1 Å². The zero-order valence-corrected chi connectivity index (χ0v) is 23.2. The number of carbonyl (C=O) groups excluding carboxylic acids is 1. The van der Waals surface area contributed by atoms with Crippen molar-refractivity contribution in [2.75, 3.05) is 0 Å². The Hall–Kier alpha value is -3.83. The second-order valence-electron chi connectivity index (χ2n) is 10.5. The molecule has 0 spiro atoms. The highest BCUT2D eigenvalue weighted by molar-refractivity contribution is 6.02. The maximum absolute atomic E-state index is 12.1. The van der Waals surface area contributed by atoms with Crippen molar-refractivity contribution in [2.45, 2.75) is 59.2 Å². The first-order valence-corrected chi connectivity index (χ1v) is 13.5. The number of aliphatic hydroxyl groups excluding tert-OH is 2. The summed E-state index contributed by atoms with van der Waals surface area (Å²) in [6.07, 6.45) is 13.9. The predicted octanol–water partition coefficient (Wildman–Crippen LogP) is 7.59. The average Bonchev–Trinajstić information content (AvgIpc) is 2.89. The van der Waals surface area contributed by atoms with Crippen LogP contribution in [0.5, 0.6) is 11.5 Å². The minimum Gasteiger partial charge on any atom is -0.508 e. The molecule has 3 rings (SSSR count). The Bertz CT molecular complexity index is 1240. The van der Waals surface area contributed by atoms with E-state index in [0.717, 1.165) is 41.4 Å². The molecule has 4 atom stereocenters. The monoisotopic (exact) mass is 528 g/mol. The van der Waals surface area contributed by atoms with E-state index in [0.29, 0.717) is 12.3 Å². The van der Waals surface area contributed by atoms with Gasteiger partial charge in [-0.1, -0.05) is 55.0 Å². The Morgan fingerprint density at radius 2 is 1.64 bits per heavy atom. The third kappa shape index (κ3) is 9.77. The summed E-state index contributed by atoms with van der Waals surface area (Å²) >= 11 is 0. The highest BCUT2D eigenvalue weighted by Gasteiger charge is 2.33. The van der Waals surface area contributed by atoms with Gasteiger partial charge in [-0.2, -0.15) is 0 Å². The van der Waals surface area contributed by atoms with E-state index in [9.17, 15) is 20.1 Å². The maximum atomic E-state index is 12.1. The predicted molar refractivity (Wildman–Crippen MR) is 158 cm³/mol. The van der Waals surface area contributed by atoms with E-state index in [1.165, 1.54) is 17.7 Å². The van der Waals surface area contributed by atoms with Crippen LogP contribution in [0.25, 0.3) is 12.2 Å². The molecule has 0 unspecified atom stereocenters. The molecule has 0 saturated heterocycles. The molecule has 2 aromatic carbocycles. The van der Waals surface area contributed by atoms with Gasteiger partial charge < -0.3 is 20.1 Å². The summed E-state index contributed by atoms with van der Waals surface area (Å²) in [5.74, 6) is 1.03. The number of allylic oxidation sites excluding steroid dienone is 5. The van der Waals surface area contributed by atoms with Gasteiger partial charge in [-0.3, -0.25) is 4.79 Å². The van der Waals surface area contributed by atoms with Crippen LogP contribution in [0.4, 0.5) is 0 Å². The lowest BCUT2D eigenvalue weighted by Crippen LogP contribution is -2.37. The smallest absolute Gasteiger partial charge is 0.182 e. The molecule has 1 aliphatic carbocycles. The molecule has 0 amide bonds. The number of hydrogen-bond donors (Lipinski definition) is 3. The van der Waals surface area contributed by atoms with Crippen molar-refractivity contribution in [3.63, 3.8) is 0 Å². The molecular formula is C34H40O5. The van der Waals surface area contributed by atoms with Crippen LogP contribution >= 0.6 is 0 Å². The van der Waals surface area contributed by atoms with Crippen molar-refractivity contribution < 1.29 is 24.9 Å². The molecule has 2 aromatic rings. The van der Waals surface area contributed by atoms with Crippen LogP contribution in [0.15, 0.2) is 95.8 Å². The maximum Gasteiger partial charge on any atom is 0.182 e. The number of ether oxygens (including phenoxy) is 1. The van der Waals surface area contributed by atoms with E-state index >= 15 is 0 Å². The standard InChI is InChI=1S/C34H40O5/c1-23(2)6-5-7-24(3)32-22-33(38)25(4)20-34(32)39-31-18-12-27(13-19-31)11-17-30(37)21-29(36)16-10-26-8-14-28(35)15-9-26/h6,8-21,24,32-35,37-38H,5,7,22H2,1-4H3/t24-,32+,33-,34-/m0/s1. The van der Waals surface area contributed by atoms with Crippen LogP contribution in [0, 0.1) is 11.8 Å². The van der Waals surface area contributed by atoms with Gasteiger partial charge in [0.25, 0.3) is 0 Å². The zero-order chi connectivity index (χ0) is 28.4. The molecule has 5 heteroatoms. The lowest BCUT2D eigenvalue weighted by Gasteiger charge is -2.36. The third-order valence-corrected chi connectivity index (χ3v) is 7.00. The average molecular weight is 529 g/mol. The van der Waals surface area contributed by atoms with E-state index < -0.39 is 6.10 Å². The van der Waals surface area contributed by atoms with E-state index in [1.807, 2.05) is 31.2 Å². The summed E-state index contributed by atoms with van der Waals surface area (Å²) in [6, 6.07) is 14.0. The summed E-state index contributed by atoms with van der Waals surface area (Å²) in [4.78, 5) is 12.1. The molecule has 39 heavy (non-hydrogen) atoms. The summed E-state index contributed by atoms with van der Waals surface area (Å²) in [6.45, 7) is 8.42. The minimum atomic E-state index is -0.427. The third-order valence-electron chi connectivity index (χ3n) is 7.00. The Balaban J connectivity index is 1.60. The van der Waals surface area contributed by atoms with E-state index in [1.54, 1.807) is 36.4 Å². The van der Waals surface area contributed by atoms with Gasteiger partial charge in [0, 0.05) is 12.0 Å². The second-order valence-corrected chi connectivity index (χ2v) is 10.5. The summed E-state index contributed by atoms with van der Waals surface area (Å²) < 4.78 is 6.38. The number of hydrogen-bond acceptors (Lipinski definition) is 5. The molecule has 0 aromatic heterocycles. The Kier molecular flexibility index (Phi) is 10.9. The lowest BCUT2D eigenvalue weighted by molar-refractivity contribution is -0.110. The van der Waals surface area contributed by atoms with Crippen LogP contribution in [0.3, 0.4) is 0 Å². The first kappa shape index (κ1) is 29.7. The fraction of sp³-hybridized carbons (Fsp3) is 0.324. The fourth-order valence-electron chi connectivity index (χ4n) is 4.60. The van der Waals surface area contributed by atoms with Crippen LogP contribution in [0.2, 0.25) is 0 Å². The molecule has 0 fully saturated rings. The fourth-order valence-corrected chi connectivity index (χ4v) is 4.60. The number of aromatic hydroxyl groups is 1. The van der Waals surface area contributed by atoms with Gasteiger partial charge in [0.05, 0.1) is 6.10 Å². The SMILES string of the molecule is CC(C)=CCC[C@H](C)[C@H]1C[C@H](O)C(C)=C[C@@H]1Oc1ccc(C=CC(O)=CC(=O)C=Cc2ccc(O)cc2)cc1. The molecule has 1 aliphatic rings. The van der Waals surface area contributed by atoms with Crippen LogP contribution in [-0.4, -0.2) is 33.3 Å². The van der Waals surface area contributed by atoms with Gasteiger partial charge in [-0.05, 0) is 105 Å². The van der Waals surface area contributed by atoms with Gasteiger partial charge in [0.1, 0.15) is 23.4 Å². The number of aliphatic hydroxyl groups is 2. The number of ketones is 1. The first-order chi connectivity index (χ1) is 18.6. The normalized spacial score (nSPS) is 20.6. The molecule has 0 heterocycles. The summed E-state index contributed by atoms with van der Waals surface area (Å²) in [5, 5.41) is 29.9. The second kappa shape index (κ2) is 14.4. The number of benzene rings is 2. The molecule has 206 valence electrons. The number of phenolic OH excluding ortho intramolecular Hbond substituents is 1. The minimum absolute atomic E-state index is 0.107. The topological polar surface area (TPSA) is 87.0 Å². The van der Waals surface area contributed by atoms with Gasteiger partial charge in [-0.25, -0.2) is 0 Å². The molecule has 0 radical (unpaired) electrons. The molecule has 0 bridgehead atoms. The Morgan fingerprint density at radius 3 is 2.28 bits per heavy atom. The highest BCUT2D eigenvalue weighted by Crippen LogP contribution is 2.35. The summed E-state index contributed by atoms with van der Waals surface area (Å²) in [5.41, 5.74) is 3.89. The molecule has 5 nitrogen and oxygen atoms in total. The lowest BCUT2D eigenvalue weighted by atomic mass is 9.76. The summed E-state index contributed by atoms with van der Waals surface area (Å²) in [7, 11) is 0. The van der Waals surface area contributed by atoms with E-state index in [4.69, 9.17) is 4.74 Å². The first-order valence-electron chi connectivity index (χ1n) is 13.5. The number of rotatable bonds is 11. The largest absolute Gasteiger partial charge is 0.508 e. The molecule has 0 saturated carbocycles. The van der Waals surface area contributed by atoms with Crippen molar-refractivity contribution in [3.8, 4) is 11.5 Å². The van der Waals surface area contributed by atoms with Gasteiger partial charge in [0.15, 0.2) is 5.78 Å². The van der Waals surface area contributed by atoms with Crippen molar-refractivity contribution in [1.82, 2.24) is 0 Å². The highest BCUT2D eigenvalue weighted by atomic mass is 16.5. The van der Waals surface area contributed by atoms with Crippen LogP contribution in [-0.2, 0) is 4.79 Å². The zero-order valence-electron chi connectivity index (χ0n) is 23.2. The van der Waals surface area contributed by atoms with Crippen molar-refractivity contribution >= 4 is 17.9 Å². The van der Waals surface area contributed by atoms with Crippen molar-refractivity contribution in [1.29, 1.82) is 0 Å². The van der Waals surface area contributed by atoms with Crippen molar-refractivity contribution in [2.24, 2.45) is 11.8 Å². The number of carbonyl (C=O) groups is 1. The van der Waals surface area contributed by atoms with E-state index in [2.05, 4.69) is 32.9 Å². The van der Waals surface area contributed by atoms with Gasteiger partial charge in [0.2, 0.25) is 0 Å². The van der Waals surface area contributed by atoms with Crippen LogP contribution < -0.4 is 4.74 Å². The Morgan fingerprint density at radius 1 is 1.03 bits per heavy atom. The van der Waals surface area contributed by atoms with Crippen molar-refractivity contribution in [3.05, 3.63) is 107 Å². The Labute approximate surface area is 232 Å². The molecule has 0 aliphatic heterocycles. The van der Waals surface area contributed by atoms with Gasteiger partial charge in [-0.15, -0.1) is 0 Å². The molecule has 3 N–H and O–H groups in total. The number of phenols is 1. The molecular weight excluding hydrogens is 488 g/mol. The van der Waals surface area contributed by atoms with Gasteiger partial charge >= 0.3 is 0 Å². The van der Waals surface area contributed by atoms with E-state index in [-0.39, 0.29) is 29.3 Å².